The van der Waals surface area contributed by atoms with Gasteiger partial charge in [0.05, 0.1) is 12.1 Å². The second kappa shape index (κ2) is 3.84. The zero-order chi connectivity index (χ0) is 11.6. The first kappa shape index (κ1) is 11.4. The molecule has 0 unspecified atom stereocenters. The van der Waals surface area contributed by atoms with E-state index >= 15 is 0 Å². The molecule has 0 amide bonds. The predicted octanol–water partition coefficient (Wildman–Crippen LogP) is 0.983. The summed E-state index contributed by atoms with van der Waals surface area (Å²) in [5.41, 5.74) is 6.56. The lowest BCUT2D eigenvalue weighted by molar-refractivity contribution is -0.136. The Kier molecular flexibility index (Phi) is 2.93. The molecule has 0 aromatic carbocycles. The Hall–Kier alpha value is -1.65. The number of carbonyl (C=O) groups is 1. The molecule has 1 aromatic heterocycles. The summed E-state index contributed by atoms with van der Waals surface area (Å²) in [6.07, 6.45) is 1.41. The quantitative estimate of drug-likeness (QED) is 0.758. The fourth-order valence-electron chi connectivity index (χ4n) is 1.36. The maximum absolute atomic E-state index is 10.6. The third-order valence-electron chi connectivity index (χ3n) is 1.94. The van der Waals surface area contributed by atoms with Crippen LogP contribution in [0.1, 0.15) is 32.0 Å². The Labute approximate surface area is 88.4 Å². The highest BCUT2D eigenvalue weighted by Crippen LogP contribution is 2.24. The van der Waals surface area contributed by atoms with Gasteiger partial charge in [-0.25, -0.2) is 9.97 Å². The van der Waals surface area contributed by atoms with Crippen LogP contribution >= 0.6 is 0 Å². The highest BCUT2D eigenvalue weighted by Gasteiger charge is 2.21. The van der Waals surface area contributed by atoms with E-state index < -0.39 is 5.97 Å². The van der Waals surface area contributed by atoms with Gasteiger partial charge in [-0.05, 0) is 0 Å². The van der Waals surface area contributed by atoms with Crippen molar-refractivity contribution < 1.29 is 9.90 Å². The maximum atomic E-state index is 10.6. The summed E-state index contributed by atoms with van der Waals surface area (Å²) < 4.78 is 0. The van der Waals surface area contributed by atoms with E-state index in [2.05, 4.69) is 9.97 Å². The van der Waals surface area contributed by atoms with Crippen molar-refractivity contribution in [3.63, 3.8) is 0 Å². The van der Waals surface area contributed by atoms with Crippen LogP contribution in [-0.2, 0) is 16.6 Å². The van der Waals surface area contributed by atoms with Crippen LogP contribution in [0.5, 0.6) is 0 Å². The van der Waals surface area contributed by atoms with Crippen molar-refractivity contribution in [1.29, 1.82) is 0 Å². The number of carboxylic acids is 1. The summed E-state index contributed by atoms with van der Waals surface area (Å²) in [6, 6.07) is 0. The topological polar surface area (TPSA) is 89.1 Å². The first-order valence-electron chi connectivity index (χ1n) is 4.64. The molecule has 0 saturated carbocycles. The van der Waals surface area contributed by atoms with Gasteiger partial charge in [-0.15, -0.1) is 0 Å². The van der Waals surface area contributed by atoms with E-state index in [9.17, 15) is 4.79 Å². The minimum atomic E-state index is -0.895. The number of rotatable bonds is 2. The van der Waals surface area contributed by atoms with Gasteiger partial charge in [0.15, 0.2) is 0 Å². The van der Waals surface area contributed by atoms with E-state index in [1.54, 1.807) is 0 Å². The number of anilines is 1. The number of carboxylic acid groups (broad SMARTS) is 1. The van der Waals surface area contributed by atoms with Gasteiger partial charge in [0.1, 0.15) is 0 Å². The van der Waals surface area contributed by atoms with E-state index in [-0.39, 0.29) is 17.8 Å². The first-order chi connectivity index (χ1) is 6.80. The van der Waals surface area contributed by atoms with Crippen molar-refractivity contribution in [1.82, 2.24) is 9.97 Å². The summed E-state index contributed by atoms with van der Waals surface area (Å²) >= 11 is 0. The summed E-state index contributed by atoms with van der Waals surface area (Å²) in [5.74, 6) is -0.720. The van der Waals surface area contributed by atoms with Crippen LogP contribution in [-0.4, -0.2) is 21.0 Å². The van der Waals surface area contributed by atoms with Gasteiger partial charge >= 0.3 is 5.97 Å². The Morgan fingerprint density at radius 1 is 1.53 bits per heavy atom. The van der Waals surface area contributed by atoms with E-state index in [4.69, 9.17) is 10.8 Å². The van der Waals surface area contributed by atoms with E-state index in [0.717, 1.165) is 0 Å². The molecule has 0 fully saturated rings. The second-order valence-electron chi connectivity index (χ2n) is 4.42. The smallest absolute Gasteiger partial charge is 0.307 e. The number of nitrogens with zero attached hydrogens (tertiary/aromatic N) is 2. The predicted molar refractivity (Wildman–Crippen MR) is 56.5 cm³/mol. The Morgan fingerprint density at radius 2 is 2.13 bits per heavy atom. The Bertz CT molecular complexity index is 383. The van der Waals surface area contributed by atoms with Gasteiger partial charge in [-0.2, -0.15) is 0 Å². The molecular formula is C10H15N3O2. The van der Waals surface area contributed by atoms with Gasteiger partial charge in [-0.1, -0.05) is 20.8 Å². The lowest BCUT2D eigenvalue weighted by Gasteiger charge is -2.20. The summed E-state index contributed by atoms with van der Waals surface area (Å²) in [4.78, 5) is 18.6. The molecule has 82 valence electrons. The van der Waals surface area contributed by atoms with Gasteiger partial charge in [0.2, 0.25) is 5.95 Å². The molecule has 0 aliphatic rings. The zero-order valence-electron chi connectivity index (χ0n) is 9.11. The van der Waals surface area contributed by atoms with Crippen molar-refractivity contribution in [2.45, 2.75) is 32.6 Å². The molecule has 5 heteroatoms. The highest BCUT2D eigenvalue weighted by atomic mass is 16.4. The fraction of sp³-hybridized carbons (Fsp3) is 0.500. The molecular weight excluding hydrogens is 194 g/mol. The number of hydrogen-bond donors (Lipinski definition) is 2. The maximum Gasteiger partial charge on any atom is 0.307 e. The van der Waals surface area contributed by atoms with Gasteiger partial charge in [-0.3, -0.25) is 4.79 Å². The SMILES string of the molecule is CC(C)(C)c1nc(N)ncc1CC(=O)O. The lowest BCUT2D eigenvalue weighted by Crippen LogP contribution is -2.19. The van der Waals surface area contributed by atoms with E-state index in [1.165, 1.54) is 6.20 Å². The summed E-state index contributed by atoms with van der Waals surface area (Å²) in [6.45, 7) is 5.88. The molecule has 0 atom stereocenters. The van der Waals surface area contributed by atoms with Crippen LogP contribution in [0.15, 0.2) is 6.20 Å². The largest absolute Gasteiger partial charge is 0.481 e. The molecule has 1 heterocycles. The van der Waals surface area contributed by atoms with Crippen LogP contribution in [0, 0.1) is 0 Å². The van der Waals surface area contributed by atoms with Crippen LogP contribution < -0.4 is 5.73 Å². The average molecular weight is 209 g/mol. The molecule has 0 saturated heterocycles. The molecule has 5 nitrogen and oxygen atoms in total. The minimum absolute atomic E-state index is 0.0765. The van der Waals surface area contributed by atoms with Crippen LogP contribution in [0.3, 0.4) is 0 Å². The minimum Gasteiger partial charge on any atom is -0.481 e. The van der Waals surface area contributed by atoms with Crippen molar-refractivity contribution in [3.8, 4) is 0 Å². The van der Waals surface area contributed by atoms with Crippen molar-refractivity contribution >= 4 is 11.9 Å². The van der Waals surface area contributed by atoms with Crippen LogP contribution in [0.25, 0.3) is 0 Å². The number of aromatic nitrogens is 2. The normalized spacial score (nSPS) is 11.4. The second-order valence-corrected chi connectivity index (χ2v) is 4.42. The first-order valence-corrected chi connectivity index (χ1v) is 4.64. The number of hydrogen-bond acceptors (Lipinski definition) is 4. The van der Waals surface area contributed by atoms with Gasteiger partial charge in [0, 0.05) is 17.2 Å². The lowest BCUT2D eigenvalue weighted by atomic mass is 9.88. The third kappa shape index (κ3) is 2.90. The van der Waals surface area contributed by atoms with Crippen molar-refractivity contribution in [3.05, 3.63) is 17.5 Å². The van der Waals surface area contributed by atoms with Crippen LogP contribution in [0.2, 0.25) is 0 Å². The van der Waals surface area contributed by atoms with Crippen molar-refractivity contribution in [2.75, 3.05) is 5.73 Å². The molecule has 1 rings (SSSR count). The van der Waals surface area contributed by atoms with Gasteiger partial charge < -0.3 is 10.8 Å². The summed E-state index contributed by atoms with van der Waals surface area (Å²) in [5, 5.41) is 8.74. The Balaban J connectivity index is 3.20. The molecule has 0 radical (unpaired) electrons. The average Bonchev–Trinajstić information content (AvgIpc) is 2.05. The number of aliphatic carboxylic acids is 1. The molecule has 0 bridgehead atoms. The fourth-order valence-corrected chi connectivity index (χ4v) is 1.36. The summed E-state index contributed by atoms with van der Waals surface area (Å²) in [7, 11) is 0. The zero-order valence-corrected chi connectivity index (χ0v) is 9.11. The van der Waals surface area contributed by atoms with Gasteiger partial charge in [0.25, 0.3) is 0 Å². The van der Waals surface area contributed by atoms with Crippen molar-refractivity contribution in [2.24, 2.45) is 0 Å². The highest BCUT2D eigenvalue weighted by molar-refractivity contribution is 5.70. The number of nitrogen functional groups attached to an aromatic ring is 1. The third-order valence-corrected chi connectivity index (χ3v) is 1.94. The molecule has 0 aliphatic carbocycles. The van der Waals surface area contributed by atoms with E-state index in [1.807, 2.05) is 20.8 Å². The molecule has 15 heavy (non-hydrogen) atoms. The Morgan fingerprint density at radius 3 is 2.60 bits per heavy atom. The molecule has 0 spiro atoms. The van der Waals surface area contributed by atoms with Crippen LogP contribution in [0.4, 0.5) is 5.95 Å². The number of nitrogens with two attached hydrogens (primary N) is 1. The standard InChI is InChI=1S/C10H15N3O2/c1-10(2,3)8-6(4-7(14)15)5-12-9(11)13-8/h5H,4H2,1-3H3,(H,14,15)(H2,11,12,13). The monoisotopic (exact) mass is 209 g/mol. The molecule has 3 N–H and O–H groups in total. The molecule has 1 aromatic rings. The molecule has 0 aliphatic heterocycles. The van der Waals surface area contributed by atoms with E-state index in [0.29, 0.717) is 11.3 Å².